The number of carbonyl (C=O) groups is 1. The summed E-state index contributed by atoms with van der Waals surface area (Å²) in [6.07, 6.45) is 10.5. The minimum atomic E-state index is 0.204. The van der Waals surface area contributed by atoms with E-state index in [-0.39, 0.29) is 5.41 Å². The SMILES string of the molecule is CCCO[C@H]1C[C@H]2[C@@H]3CN(C)C4=CC(=O)CC[C@]4(C)[C@H]3CC[C@]2(C)C1. The summed E-state index contributed by atoms with van der Waals surface area (Å²) < 4.78 is 6.19. The van der Waals surface area contributed by atoms with Gasteiger partial charge in [0.15, 0.2) is 5.78 Å². The number of hydrogen-bond acceptors (Lipinski definition) is 3. The van der Waals surface area contributed by atoms with E-state index in [1.165, 1.54) is 31.4 Å². The van der Waals surface area contributed by atoms with E-state index >= 15 is 0 Å². The van der Waals surface area contributed by atoms with E-state index in [2.05, 4.69) is 32.7 Å². The molecule has 0 spiro atoms. The van der Waals surface area contributed by atoms with Gasteiger partial charge in [-0.25, -0.2) is 0 Å². The van der Waals surface area contributed by atoms with Crippen LogP contribution in [0.15, 0.2) is 11.8 Å². The number of ether oxygens (including phenoxy) is 1. The molecule has 0 aromatic rings. The predicted molar refractivity (Wildman–Crippen MR) is 100 cm³/mol. The normalized spacial score (nSPS) is 46.3. The number of nitrogens with zero attached hydrogens (tertiary/aromatic N) is 1. The fourth-order valence-corrected chi connectivity index (χ4v) is 6.97. The van der Waals surface area contributed by atoms with Gasteiger partial charge in [0, 0.05) is 43.8 Å². The summed E-state index contributed by atoms with van der Waals surface area (Å²) in [5.41, 5.74) is 1.99. The second-order valence-corrected chi connectivity index (χ2v) is 9.80. The Balaban J connectivity index is 1.61. The van der Waals surface area contributed by atoms with Gasteiger partial charge in [0.25, 0.3) is 0 Å². The molecule has 2 saturated carbocycles. The Bertz CT molecular complexity index is 585. The summed E-state index contributed by atoms with van der Waals surface area (Å²) in [6.45, 7) is 9.21. The summed E-state index contributed by atoms with van der Waals surface area (Å²) in [4.78, 5) is 14.4. The van der Waals surface area contributed by atoms with Crippen molar-refractivity contribution < 1.29 is 9.53 Å². The summed E-state index contributed by atoms with van der Waals surface area (Å²) in [6, 6.07) is 0. The zero-order valence-electron chi connectivity index (χ0n) is 16.5. The van der Waals surface area contributed by atoms with Gasteiger partial charge in [-0.05, 0) is 61.7 Å². The van der Waals surface area contributed by atoms with Gasteiger partial charge in [-0.2, -0.15) is 0 Å². The lowest BCUT2D eigenvalue weighted by Gasteiger charge is -2.59. The monoisotopic (exact) mass is 345 g/mol. The molecule has 1 saturated heterocycles. The van der Waals surface area contributed by atoms with Gasteiger partial charge in [0.1, 0.15) is 0 Å². The minimum Gasteiger partial charge on any atom is -0.378 e. The number of ketones is 1. The molecule has 3 heteroatoms. The van der Waals surface area contributed by atoms with Crippen LogP contribution in [0.4, 0.5) is 0 Å². The topological polar surface area (TPSA) is 29.5 Å². The van der Waals surface area contributed by atoms with Crippen LogP contribution in [0.5, 0.6) is 0 Å². The molecule has 1 heterocycles. The van der Waals surface area contributed by atoms with Crippen LogP contribution in [0.3, 0.4) is 0 Å². The maximum atomic E-state index is 12.0. The Kier molecular flexibility index (Phi) is 4.30. The highest BCUT2D eigenvalue weighted by molar-refractivity contribution is 5.91. The van der Waals surface area contributed by atoms with Gasteiger partial charge in [-0.15, -0.1) is 0 Å². The lowest BCUT2D eigenvalue weighted by atomic mass is 9.50. The molecule has 6 atom stereocenters. The van der Waals surface area contributed by atoms with E-state index in [9.17, 15) is 4.79 Å². The molecule has 4 aliphatic rings. The second kappa shape index (κ2) is 6.11. The van der Waals surface area contributed by atoms with E-state index in [1.54, 1.807) is 0 Å². The Hall–Kier alpha value is -0.830. The van der Waals surface area contributed by atoms with Gasteiger partial charge in [-0.3, -0.25) is 4.79 Å². The first-order valence-electron chi connectivity index (χ1n) is 10.4. The first kappa shape index (κ1) is 17.6. The second-order valence-electron chi connectivity index (χ2n) is 9.80. The number of fused-ring (bicyclic) bond motifs is 5. The van der Waals surface area contributed by atoms with Gasteiger partial charge in [0.05, 0.1) is 6.10 Å². The number of likely N-dealkylation sites (tertiary alicyclic amines) is 1. The van der Waals surface area contributed by atoms with Crippen LogP contribution in [0.1, 0.15) is 65.7 Å². The van der Waals surface area contributed by atoms with Crippen molar-refractivity contribution in [1.82, 2.24) is 4.90 Å². The highest BCUT2D eigenvalue weighted by Crippen LogP contribution is 2.64. The molecular weight excluding hydrogens is 310 g/mol. The molecule has 3 fully saturated rings. The zero-order valence-corrected chi connectivity index (χ0v) is 16.5. The van der Waals surface area contributed by atoms with E-state index in [0.29, 0.717) is 17.3 Å². The average Bonchev–Trinajstić information content (AvgIpc) is 2.91. The number of allylic oxidation sites excluding steroid dienone is 2. The molecule has 0 aromatic carbocycles. The molecule has 4 rings (SSSR count). The van der Waals surface area contributed by atoms with E-state index in [4.69, 9.17) is 4.74 Å². The van der Waals surface area contributed by atoms with Crippen LogP contribution in [-0.4, -0.2) is 37.0 Å². The van der Waals surface area contributed by atoms with Crippen molar-refractivity contribution >= 4 is 5.78 Å². The number of hydrogen-bond donors (Lipinski definition) is 0. The van der Waals surface area contributed by atoms with Gasteiger partial charge >= 0.3 is 0 Å². The van der Waals surface area contributed by atoms with Crippen LogP contribution in [0, 0.1) is 28.6 Å². The largest absolute Gasteiger partial charge is 0.378 e. The summed E-state index contributed by atoms with van der Waals surface area (Å²) in [7, 11) is 2.21. The maximum Gasteiger partial charge on any atom is 0.157 e. The first-order valence-corrected chi connectivity index (χ1v) is 10.4. The van der Waals surface area contributed by atoms with Crippen LogP contribution < -0.4 is 0 Å². The molecule has 140 valence electrons. The average molecular weight is 346 g/mol. The quantitative estimate of drug-likeness (QED) is 0.758. The Morgan fingerprint density at radius 1 is 1.28 bits per heavy atom. The molecular formula is C22H35NO2. The number of rotatable bonds is 3. The lowest BCUT2D eigenvalue weighted by molar-refractivity contribution is -0.118. The Morgan fingerprint density at radius 2 is 2.08 bits per heavy atom. The van der Waals surface area contributed by atoms with Crippen molar-refractivity contribution in [3.8, 4) is 0 Å². The molecule has 25 heavy (non-hydrogen) atoms. The van der Waals surface area contributed by atoms with Gasteiger partial charge in [0.2, 0.25) is 0 Å². The fraction of sp³-hybridized carbons (Fsp3) is 0.864. The third-order valence-electron chi connectivity index (χ3n) is 8.21. The Morgan fingerprint density at radius 3 is 2.84 bits per heavy atom. The molecule has 0 unspecified atom stereocenters. The van der Waals surface area contributed by atoms with Gasteiger partial charge < -0.3 is 9.64 Å². The summed E-state index contributed by atoms with van der Waals surface area (Å²) in [5.74, 6) is 2.61. The van der Waals surface area contributed by atoms with Crippen molar-refractivity contribution in [2.75, 3.05) is 20.2 Å². The van der Waals surface area contributed by atoms with Crippen molar-refractivity contribution in [1.29, 1.82) is 0 Å². The van der Waals surface area contributed by atoms with Crippen LogP contribution in [0.2, 0.25) is 0 Å². The number of carbonyl (C=O) groups excluding carboxylic acids is 1. The van der Waals surface area contributed by atoms with E-state index < -0.39 is 0 Å². The smallest absolute Gasteiger partial charge is 0.157 e. The molecule has 1 aliphatic heterocycles. The molecule has 3 aliphatic carbocycles. The van der Waals surface area contributed by atoms with Crippen LogP contribution in [-0.2, 0) is 9.53 Å². The molecule has 3 nitrogen and oxygen atoms in total. The standard InChI is InChI=1S/C22H35NO2/c1-5-10-25-16-12-19-17-14-23(4)20-11-15(24)6-9-22(20,3)18(17)7-8-21(19,2)13-16/h11,16-19H,5-10,12-14H2,1-4H3/t16-,17+,18-,19-,21+,22+/m0/s1. The fourth-order valence-electron chi connectivity index (χ4n) is 6.97. The summed E-state index contributed by atoms with van der Waals surface area (Å²) >= 11 is 0. The molecule has 0 N–H and O–H groups in total. The molecule has 0 amide bonds. The predicted octanol–water partition coefficient (Wildman–Crippen LogP) is 4.42. The van der Waals surface area contributed by atoms with Gasteiger partial charge in [-0.1, -0.05) is 20.8 Å². The first-order chi connectivity index (χ1) is 11.9. The highest BCUT2D eigenvalue weighted by Gasteiger charge is 2.59. The molecule has 0 aromatic heterocycles. The van der Waals surface area contributed by atoms with Crippen LogP contribution >= 0.6 is 0 Å². The van der Waals surface area contributed by atoms with Crippen molar-refractivity contribution in [2.24, 2.45) is 28.6 Å². The maximum absolute atomic E-state index is 12.0. The van der Waals surface area contributed by atoms with E-state index in [1.807, 2.05) is 6.08 Å². The lowest BCUT2D eigenvalue weighted by Crippen LogP contribution is -2.56. The zero-order chi connectivity index (χ0) is 17.8. The van der Waals surface area contributed by atoms with Crippen molar-refractivity contribution in [3.63, 3.8) is 0 Å². The molecule has 0 radical (unpaired) electrons. The number of piperidine rings is 1. The van der Waals surface area contributed by atoms with E-state index in [0.717, 1.165) is 50.2 Å². The van der Waals surface area contributed by atoms with Crippen LogP contribution in [0.25, 0.3) is 0 Å². The van der Waals surface area contributed by atoms with Crippen molar-refractivity contribution in [3.05, 3.63) is 11.8 Å². The minimum absolute atomic E-state index is 0.204. The van der Waals surface area contributed by atoms with Crippen molar-refractivity contribution in [2.45, 2.75) is 71.8 Å². The Labute approximate surface area is 153 Å². The molecule has 0 bridgehead atoms. The highest BCUT2D eigenvalue weighted by atomic mass is 16.5. The third kappa shape index (κ3) is 2.69. The third-order valence-corrected chi connectivity index (χ3v) is 8.21. The summed E-state index contributed by atoms with van der Waals surface area (Å²) in [5, 5.41) is 0.